The maximum atomic E-state index is 9.94. The van der Waals surface area contributed by atoms with Gasteiger partial charge in [-0.15, -0.1) is 10.2 Å². The van der Waals surface area contributed by atoms with Crippen molar-refractivity contribution in [3.63, 3.8) is 0 Å². The average Bonchev–Trinajstić information content (AvgIpc) is 2.73. The van der Waals surface area contributed by atoms with Crippen molar-refractivity contribution in [3.8, 4) is 5.88 Å². The Labute approximate surface area is 138 Å². The molecule has 0 aliphatic rings. The Hall–Kier alpha value is -1.56. The summed E-state index contributed by atoms with van der Waals surface area (Å²) in [5.74, 6) is -0.0445. The molecule has 0 aliphatic carbocycles. The lowest BCUT2D eigenvalue weighted by molar-refractivity contribution is 0.459. The average molecular weight is 385 g/mol. The van der Waals surface area contributed by atoms with E-state index in [1.54, 1.807) is 18.2 Å². The van der Waals surface area contributed by atoms with Crippen LogP contribution in [-0.4, -0.2) is 10.1 Å². The Morgan fingerprint density at radius 1 is 1.05 bits per heavy atom. The van der Waals surface area contributed by atoms with Crippen molar-refractivity contribution in [1.29, 1.82) is 0 Å². The number of azo groups is 1. The van der Waals surface area contributed by atoms with Crippen molar-refractivity contribution >= 4 is 61.4 Å². The van der Waals surface area contributed by atoms with Crippen LogP contribution in [0.1, 0.15) is 0 Å². The summed E-state index contributed by atoms with van der Waals surface area (Å²) < 4.78 is 0.884. The minimum absolute atomic E-state index is 0.0445. The number of H-pyrrole nitrogens is 1. The first-order valence-electron chi connectivity index (χ1n) is 5.91. The second-order valence-electron chi connectivity index (χ2n) is 4.31. The number of hydrogen-bond acceptors (Lipinski definition) is 3. The van der Waals surface area contributed by atoms with E-state index >= 15 is 0 Å². The summed E-state index contributed by atoms with van der Waals surface area (Å²) in [5, 5.41) is 19.8. The van der Waals surface area contributed by atoms with Crippen LogP contribution >= 0.6 is 39.1 Å². The highest BCUT2D eigenvalue weighted by Crippen LogP contribution is 2.38. The van der Waals surface area contributed by atoms with Crippen LogP contribution in [0.15, 0.2) is 51.1 Å². The normalized spacial score (nSPS) is 11.6. The molecule has 0 saturated carbocycles. The number of aromatic amines is 1. The summed E-state index contributed by atoms with van der Waals surface area (Å²) in [5.41, 5.74) is 1.61. The fourth-order valence-electron chi connectivity index (χ4n) is 1.90. The maximum absolute atomic E-state index is 9.94. The molecule has 4 nitrogen and oxygen atoms in total. The highest BCUT2D eigenvalue weighted by Gasteiger charge is 2.11. The van der Waals surface area contributed by atoms with E-state index < -0.39 is 0 Å². The predicted octanol–water partition coefficient (Wildman–Crippen LogP) is 6.36. The standard InChI is InChI=1S/C14H8BrCl2N3O/c15-7-1-3-11-9(5-7)13(14(21)18-11)20-19-12-4-2-8(16)6-10(12)17/h1-6,18,21H. The first-order chi connectivity index (χ1) is 10.0. The van der Waals surface area contributed by atoms with Crippen LogP contribution in [0.25, 0.3) is 10.9 Å². The molecular formula is C14H8BrCl2N3O. The summed E-state index contributed by atoms with van der Waals surface area (Å²) >= 11 is 15.3. The second-order valence-corrected chi connectivity index (χ2v) is 6.07. The van der Waals surface area contributed by atoms with Gasteiger partial charge in [-0.2, -0.15) is 0 Å². The van der Waals surface area contributed by atoms with Crippen LogP contribution in [0.3, 0.4) is 0 Å². The van der Waals surface area contributed by atoms with E-state index in [9.17, 15) is 5.11 Å². The lowest BCUT2D eigenvalue weighted by atomic mass is 10.2. The maximum Gasteiger partial charge on any atom is 0.218 e. The molecule has 0 radical (unpaired) electrons. The summed E-state index contributed by atoms with van der Waals surface area (Å²) in [6.45, 7) is 0. The van der Waals surface area contributed by atoms with Gasteiger partial charge in [-0.1, -0.05) is 39.1 Å². The zero-order valence-electron chi connectivity index (χ0n) is 10.4. The van der Waals surface area contributed by atoms with Gasteiger partial charge >= 0.3 is 0 Å². The molecule has 2 aromatic carbocycles. The minimum atomic E-state index is -0.0445. The van der Waals surface area contributed by atoms with Crippen molar-refractivity contribution in [2.75, 3.05) is 0 Å². The Kier molecular flexibility index (Phi) is 3.89. The molecule has 0 unspecified atom stereocenters. The van der Waals surface area contributed by atoms with Crippen molar-refractivity contribution in [2.24, 2.45) is 10.2 Å². The third kappa shape index (κ3) is 2.90. The Bertz CT molecular complexity index is 861. The summed E-state index contributed by atoms with van der Waals surface area (Å²) in [6.07, 6.45) is 0. The van der Waals surface area contributed by atoms with Gasteiger partial charge in [0.1, 0.15) is 5.69 Å². The number of halogens is 3. The van der Waals surface area contributed by atoms with Crippen LogP contribution in [0, 0.1) is 0 Å². The van der Waals surface area contributed by atoms with Gasteiger partial charge in [0.15, 0.2) is 5.69 Å². The number of rotatable bonds is 2. The highest BCUT2D eigenvalue weighted by molar-refractivity contribution is 9.10. The highest BCUT2D eigenvalue weighted by atomic mass is 79.9. The summed E-state index contributed by atoms with van der Waals surface area (Å²) in [7, 11) is 0. The van der Waals surface area contributed by atoms with Gasteiger partial charge in [0.25, 0.3) is 0 Å². The molecule has 3 aromatic rings. The smallest absolute Gasteiger partial charge is 0.218 e. The SMILES string of the molecule is Oc1[nH]c2ccc(Br)cc2c1N=Nc1ccc(Cl)cc1Cl. The molecule has 0 atom stereocenters. The Morgan fingerprint density at radius 2 is 1.86 bits per heavy atom. The van der Waals surface area contributed by atoms with Gasteiger partial charge < -0.3 is 10.1 Å². The zero-order valence-corrected chi connectivity index (χ0v) is 13.5. The molecule has 1 heterocycles. The molecule has 106 valence electrons. The minimum Gasteiger partial charge on any atom is -0.493 e. The molecule has 3 rings (SSSR count). The monoisotopic (exact) mass is 383 g/mol. The van der Waals surface area contributed by atoms with Crippen LogP contribution in [0.2, 0.25) is 10.0 Å². The van der Waals surface area contributed by atoms with Crippen molar-refractivity contribution in [3.05, 3.63) is 50.9 Å². The van der Waals surface area contributed by atoms with Crippen LogP contribution in [-0.2, 0) is 0 Å². The molecule has 21 heavy (non-hydrogen) atoms. The molecule has 0 saturated heterocycles. The van der Waals surface area contributed by atoms with Gasteiger partial charge in [0.2, 0.25) is 5.88 Å². The van der Waals surface area contributed by atoms with E-state index in [4.69, 9.17) is 23.2 Å². The number of fused-ring (bicyclic) bond motifs is 1. The van der Waals surface area contributed by atoms with E-state index in [1.165, 1.54) is 0 Å². The third-order valence-electron chi connectivity index (χ3n) is 2.88. The van der Waals surface area contributed by atoms with Crippen molar-refractivity contribution < 1.29 is 5.11 Å². The van der Waals surface area contributed by atoms with Crippen molar-refractivity contribution in [1.82, 2.24) is 4.98 Å². The number of hydrogen-bond donors (Lipinski definition) is 2. The lowest BCUT2D eigenvalue weighted by Gasteiger charge is -1.97. The number of aromatic nitrogens is 1. The van der Waals surface area contributed by atoms with Crippen LogP contribution in [0.4, 0.5) is 11.4 Å². The first kappa shape index (κ1) is 14.4. The van der Waals surface area contributed by atoms with Crippen molar-refractivity contribution in [2.45, 2.75) is 0 Å². The number of aromatic hydroxyl groups is 1. The van der Waals surface area contributed by atoms with Gasteiger partial charge in [0, 0.05) is 14.9 Å². The van der Waals surface area contributed by atoms with Gasteiger partial charge in [0.05, 0.1) is 10.5 Å². The lowest BCUT2D eigenvalue weighted by Crippen LogP contribution is -1.69. The Morgan fingerprint density at radius 3 is 2.62 bits per heavy atom. The quantitative estimate of drug-likeness (QED) is 0.496. The fourth-order valence-corrected chi connectivity index (χ4v) is 2.71. The number of benzene rings is 2. The molecule has 0 fully saturated rings. The number of nitrogens with one attached hydrogen (secondary N) is 1. The van der Waals surface area contributed by atoms with Gasteiger partial charge in [-0.05, 0) is 36.4 Å². The summed E-state index contributed by atoms with van der Waals surface area (Å²) in [6, 6.07) is 10.5. The number of nitrogens with zero attached hydrogens (tertiary/aromatic N) is 2. The molecule has 7 heteroatoms. The molecule has 0 aliphatic heterocycles. The molecule has 2 N–H and O–H groups in total. The molecule has 0 amide bonds. The third-order valence-corrected chi connectivity index (χ3v) is 3.91. The summed E-state index contributed by atoms with van der Waals surface area (Å²) in [4.78, 5) is 2.84. The van der Waals surface area contributed by atoms with Gasteiger partial charge in [-0.3, -0.25) is 0 Å². The second kappa shape index (κ2) is 5.67. The zero-order chi connectivity index (χ0) is 15.0. The molecule has 1 aromatic heterocycles. The van der Waals surface area contributed by atoms with E-state index in [1.807, 2.05) is 18.2 Å². The topological polar surface area (TPSA) is 60.7 Å². The molecule has 0 bridgehead atoms. The largest absolute Gasteiger partial charge is 0.493 e. The molecule has 0 spiro atoms. The molecular weight excluding hydrogens is 377 g/mol. The van der Waals surface area contributed by atoms with E-state index in [-0.39, 0.29) is 5.88 Å². The Balaban J connectivity index is 2.06. The fraction of sp³-hybridized carbons (Fsp3) is 0. The van der Waals surface area contributed by atoms with E-state index in [0.717, 1.165) is 15.4 Å². The van der Waals surface area contributed by atoms with Crippen LogP contribution < -0.4 is 0 Å². The van der Waals surface area contributed by atoms with E-state index in [2.05, 4.69) is 31.1 Å². The van der Waals surface area contributed by atoms with Gasteiger partial charge in [-0.25, -0.2) is 0 Å². The predicted molar refractivity (Wildman–Crippen MR) is 88.3 cm³/mol. The van der Waals surface area contributed by atoms with Crippen LogP contribution in [0.5, 0.6) is 5.88 Å². The van der Waals surface area contributed by atoms with E-state index in [0.29, 0.717) is 21.4 Å². The first-order valence-corrected chi connectivity index (χ1v) is 7.46.